The lowest BCUT2D eigenvalue weighted by molar-refractivity contribution is -0.115. The maximum absolute atomic E-state index is 14.9. The van der Waals surface area contributed by atoms with E-state index in [0.29, 0.717) is 34.8 Å². The van der Waals surface area contributed by atoms with Gasteiger partial charge in [0.2, 0.25) is 5.91 Å². The van der Waals surface area contributed by atoms with Crippen LogP contribution in [-0.4, -0.2) is 65.5 Å². The van der Waals surface area contributed by atoms with Gasteiger partial charge in [-0.3, -0.25) is 19.6 Å². The van der Waals surface area contributed by atoms with Crippen molar-refractivity contribution in [2.75, 3.05) is 38.3 Å². The second-order valence-electron chi connectivity index (χ2n) is 8.66. The lowest BCUT2D eigenvalue weighted by Gasteiger charge is -2.29. The molecule has 9 nitrogen and oxygen atoms in total. The summed E-state index contributed by atoms with van der Waals surface area (Å²) in [6.45, 7) is 4.15. The quantitative estimate of drug-likeness (QED) is 0.424. The van der Waals surface area contributed by atoms with Gasteiger partial charge in [0.1, 0.15) is 12.4 Å². The van der Waals surface area contributed by atoms with Crippen molar-refractivity contribution in [3.8, 4) is 23.0 Å². The van der Waals surface area contributed by atoms with E-state index in [-0.39, 0.29) is 22.7 Å². The molecule has 1 fully saturated rings. The third kappa shape index (κ3) is 6.24. The number of nitrogens with zero attached hydrogens (tertiary/aromatic N) is 3. The van der Waals surface area contributed by atoms with Crippen molar-refractivity contribution in [3.05, 3.63) is 48.4 Å². The second kappa shape index (κ2) is 11.7. The van der Waals surface area contributed by atoms with Gasteiger partial charge in [0.25, 0.3) is 0 Å². The van der Waals surface area contributed by atoms with Gasteiger partial charge in [0.15, 0.2) is 28.2 Å². The van der Waals surface area contributed by atoms with Crippen LogP contribution in [0.5, 0.6) is 23.0 Å². The first kappa shape index (κ1) is 26.5. The number of fused-ring (bicyclic) bond motifs is 1. The molecule has 37 heavy (non-hydrogen) atoms. The molecule has 0 saturated carbocycles. The zero-order chi connectivity index (χ0) is 26.5. The van der Waals surface area contributed by atoms with Gasteiger partial charge < -0.3 is 25.1 Å². The Morgan fingerprint density at radius 1 is 1.19 bits per heavy atom. The zero-order valence-electron chi connectivity index (χ0n) is 20.6. The number of rotatable bonds is 8. The van der Waals surface area contributed by atoms with Gasteiger partial charge in [-0.25, -0.2) is 4.39 Å². The van der Waals surface area contributed by atoms with E-state index < -0.39 is 11.7 Å². The van der Waals surface area contributed by atoms with Crippen molar-refractivity contribution in [2.24, 2.45) is 5.73 Å². The molecule has 196 valence electrons. The summed E-state index contributed by atoms with van der Waals surface area (Å²) in [5.74, 6) is 0.223. The third-order valence-electron chi connectivity index (χ3n) is 6.14. The molecular weight excluding hydrogens is 499 g/mol. The Kier molecular flexibility index (Phi) is 8.37. The molecule has 1 saturated heterocycles. The van der Waals surface area contributed by atoms with E-state index in [9.17, 15) is 14.3 Å². The summed E-state index contributed by atoms with van der Waals surface area (Å²) in [5, 5.41) is 10.1. The molecule has 11 heteroatoms. The van der Waals surface area contributed by atoms with E-state index in [1.165, 1.54) is 26.2 Å². The van der Waals surface area contributed by atoms with E-state index in [1.807, 2.05) is 0 Å². The Labute approximate surface area is 219 Å². The number of carbonyl (C=O) groups excluding carboxylic acids is 1. The van der Waals surface area contributed by atoms with E-state index in [0.717, 1.165) is 43.4 Å². The molecule has 2 aromatic carbocycles. The minimum Gasteiger partial charge on any atom is -0.493 e. The molecule has 3 aromatic rings. The molecule has 0 spiro atoms. The zero-order valence-corrected chi connectivity index (χ0v) is 21.5. The smallest absolute Gasteiger partial charge is 0.230 e. The number of nitrogens with two attached hydrogens (primary N) is 1. The number of methoxy groups -OCH3 is 1. The van der Waals surface area contributed by atoms with Crippen LogP contribution in [0.15, 0.2) is 42.6 Å². The summed E-state index contributed by atoms with van der Waals surface area (Å²) in [5.41, 5.74) is 6.39. The Hall–Kier alpha value is -3.54. The van der Waals surface area contributed by atoms with Crippen LogP contribution in [0.2, 0.25) is 0 Å². The van der Waals surface area contributed by atoms with Crippen LogP contribution in [0.4, 0.5) is 10.1 Å². The van der Waals surface area contributed by atoms with Crippen molar-refractivity contribution in [3.63, 3.8) is 0 Å². The number of aliphatic hydroxyl groups is 1. The maximum atomic E-state index is 14.9. The van der Waals surface area contributed by atoms with Crippen molar-refractivity contribution in [1.29, 1.82) is 0 Å². The molecule has 0 atom stereocenters. The van der Waals surface area contributed by atoms with E-state index >= 15 is 0 Å². The van der Waals surface area contributed by atoms with Crippen LogP contribution in [0.3, 0.4) is 0 Å². The molecule has 1 aliphatic heterocycles. The summed E-state index contributed by atoms with van der Waals surface area (Å²) in [4.78, 5) is 19.5. The number of hydrogen-bond donors (Lipinski definition) is 2. The highest BCUT2D eigenvalue weighted by molar-refractivity contribution is 7.80. The average Bonchev–Trinajstić information content (AvgIpc) is 2.86. The van der Waals surface area contributed by atoms with E-state index in [2.05, 4.69) is 9.88 Å². The summed E-state index contributed by atoms with van der Waals surface area (Å²) in [6.07, 6.45) is 2.88. The molecule has 3 N–H and O–H groups in total. The molecular formula is C26H29FN4O5S. The number of aromatic nitrogens is 1. The summed E-state index contributed by atoms with van der Waals surface area (Å²) < 4.78 is 32.3. The first-order valence-electron chi connectivity index (χ1n) is 11.8. The fourth-order valence-corrected chi connectivity index (χ4v) is 4.45. The predicted molar refractivity (Wildman–Crippen MR) is 142 cm³/mol. The van der Waals surface area contributed by atoms with Crippen LogP contribution in [0.25, 0.3) is 10.9 Å². The highest BCUT2D eigenvalue weighted by atomic mass is 32.1. The van der Waals surface area contributed by atoms with Crippen LogP contribution < -0.4 is 24.8 Å². The molecule has 4 rings (SSSR count). The highest BCUT2D eigenvalue weighted by Crippen LogP contribution is 2.38. The highest BCUT2D eigenvalue weighted by Gasteiger charge is 2.19. The van der Waals surface area contributed by atoms with Crippen molar-refractivity contribution < 1.29 is 28.5 Å². The number of carbonyl (C=O) groups is 1. The SMILES string of the molecule is COc1cc2c(Oc3ccc(N(C(C)=O)C(N)=S)cc3F)ccnc2cc1OCCN1CCC(O)CC1. The van der Waals surface area contributed by atoms with E-state index in [1.54, 1.807) is 24.4 Å². The van der Waals surface area contributed by atoms with Crippen LogP contribution >= 0.6 is 12.2 Å². The number of anilines is 1. The maximum Gasteiger partial charge on any atom is 0.230 e. The normalized spacial score (nSPS) is 14.4. The first-order chi connectivity index (χ1) is 17.8. The Morgan fingerprint density at radius 2 is 1.95 bits per heavy atom. The number of amides is 1. The minimum atomic E-state index is -0.692. The lowest BCUT2D eigenvalue weighted by atomic mass is 10.1. The predicted octanol–water partition coefficient (Wildman–Crippen LogP) is 3.61. The van der Waals surface area contributed by atoms with Gasteiger partial charge in [-0.05, 0) is 49.3 Å². The van der Waals surface area contributed by atoms with Crippen LogP contribution in [-0.2, 0) is 4.79 Å². The number of pyridine rings is 1. The number of hydrogen-bond acceptors (Lipinski definition) is 8. The fraction of sp³-hybridized carbons (Fsp3) is 0.346. The molecule has 1 aliphatic rings. The van der Waals surface area contributed by atoms with Gasteiger partial charge in [-0.1, -0.05) is 0 Å². The molecule has 1 amide bonds. The Morgan fingerprint density at radius 3 is 2.59 bits per heavy atom. The average molecular weight is 529 g/mol. The first-order valence-corrected chi connectivity index (χ1v) is 12.2. The number of piperidine rings is 1. The Balaban J connectivity index is 1.53. The van der Waals surface area contributed by atoms with Gasteiger partial charge in [0, 0.05) is 50.3 Å². The molecule has 0 aliphatic carbocycles. The Bertz CT molecular complexity index is 1290. The van der Waals surface area contributed by atoms with E-state index in [4.69, 9.17) is 32.2 Å². The topological polar surface area (TPSA) is 110 Å². The third-order valence-corrected chi connectivity index (χ3v) is 6.32. The van der Waals surface area contributed by atoms with Gasteiger partial charge in [-0.2, -0.15) is 0 Å². The summed E-state index contributed by atoms with van der Waals surface area (Å²) in [7, 11) is 1.54. The van der Waals surface area contributed by atoms with Crippen molar-refractivity contribution >= 4 is 39.8 Å². The summed E-state index contributed by atoms with van der Waals surface area (Å²) in [6, 6.07) is 9.15. The number of aliphatic hydroxyl groups excluding tert-OH is 1. The second-order valence-corrected chi connectivity index (χ2v) is 9.08. The number of benzene rings is 2. The number of halogens is 1. The monoisotopic (exact) mass is 528 g/mol. The number of ether oxygens (including phenoxy) is 3. The molecule has 0 radical (unpaired) electrons. The number of thiocarbonyl (C=S) groups is 1. The minimum absolute atomic E-state index is 0.0476. The molecule has 1 aromatic heterocycles. The molecule has 0 unspecified atom stereocenters. The lowest BCUT2D eigenvalue weighted by Crippen LogP contribution is -2.39. The largest absolute Gasteiger partial charge is 0.493 e. The van der Waals surface area contributed by atoms with Crippen LogP contribution in [0, 0.1) is 5.82 Å². The molecule has 2 heterocycles. The van der Waals surface area contributed by atoms with Gasteiger partial charge >= 0.3 is 0 Å². The van der Waals surface area contributed by atoms with Crippen molar-refractivity contribution in [1.82, 2.24) is 9.88 Å². The van der Waals surface area contributed by atoms with Gasteiger partial charge in [-0.15, -0.1) is 0 Å². The van der Waals surface area contributed by atoms with Crippen LogP contribution in [0.1, 0.15) is 19.8 Å². The standard InChI is InChI=1S/C26H29FN4O5S/c1-16(32)31(26(28)37)17-3-4-23(20(27)13-17)36-22-5-8-29-21-15-25(24(34-2)14-19(21)22)35-12-11-30-9-6-18(33)7-10-30/h3-5,8,13-15,18,33H,6-7,9-12H2,1-2H3,(H2,28,37). The van der Waals surface area contributed by atoms with Crippen molar-refractivity contribution in [2.45, 2.75) is 25.9 Å². The fourth-order valence-electron chi connectivity index (χ4n) is 4.21. The molecule has 0 bridgehead atoms. The summed E-state index contributed by atoms with van der Waals surface area (Å²) >= 11 is 4.90. The van der Waals surface area contributed by atoms with Gasteiger partial charge in [0.05, 0.1) is 24.4 Å². The number of likely N-dealkylation sites (tertiary alicyclic amines) is 1.